The number of aromatic amines is 1. The van der Waals surface area contributed by atoms with Crippen LogP contribution in [0.3, 0.4) is 0 Å². The molecule has 23 heavy (non-hydrogen) atoms. The second kappa shape index (κ2) is 5.20. The van der Waals surface area contributed by atoms with Crippen molar-refractivity contribution >= 4 is 17.4 Å². The number of H-pyrrole nitrogens is 1. The van der Waals surface area contributed by atoms with Crippen LogP contribution in [0.15, 0.2) is 36.7 Å². The summed E-state index contributed by atoms with van der Waals surface area (Å²) in [6.07, 6.45) is 3.38. The maximum Gasteiger partial charge on any atom is 0.257 e. The minimum absolute atomic E-state index is 0.158. The number of aromatic nitrogens is 4. The summed E-state index contributed by atoms with van der Waals surface area (Å²) in [7, 11) is 0. The first-order valence-electron chi connectivity index (χ1n) is 7.22. The number of nitrogens with zero attached hydrogens (tertiary/aromatic N) is 3. The number of nitrogens with one attached hydrogen (secondary N) is 3. The molecule has 0 atom stereocenters. The first kappa shape index (κ1) is 13.4. The van der Waals surface area contributed by atoms with Gasteiger partial charge in [0.25, 0.3) is 5.91 Å². The smallest absolute Gasteiger partial charge is 0.257 e. The van der Waals surface area contributed by atoms with Crippen LogP contribution in [-0.4, -0.2) is 26.1 Å². The molecule has 0 unspecified atom stereocenters. The third-order valence-electron chi connectivity index (χ3n) is 3.66. The Bertz CT molecular complexity index is 888. The molecule has 0 spiro atoms. The number of carbonyl (C=O) groups is 1. The highest BCUT2D eigenvalue weighted by Gasteiger charge is 2.27. The number of rotatable bonds is 3. The second-order valence-electron chi connectivity index (χ2n) is 5.38. The summed E-state index contributed by atoms with van der Waals surface area (Å²) in [5.41, 5.74) is 3.97. The summed E-state index contributed by atoms with van der Waals surface area (Å²) < 4.78 is 0. The Morgan fingerprint density at radius 3 is 2.96 bits per heavy atom. The van der Waals surface area contributed by atoms with Crippen molar-refractivity contribution in [1.82, 2.24) is 25.5 Å². The molecular weight excluding hydrogens is 292 g/mol. The fraction of sp³-hybridized carbons (Fsp3) is 0.125. The van der Waals surface area contributed by atoms with Crippen molar-refractivity contribution < 1.29 is 4.79 Å². The topological polar surface area (TPSA) is 95.6 Å². The molecule has 1 amide bonds. The highest BCUT2D eigenvalue weighted by molar-refractivity contribution is 6.03. The summed E-state index contributed by atoms with van der Waals surface area (Å²) in [5.74, 6) is 0.879. The maximum atomic E-state index is 12.1. The lowest BCUT2D eigenvalue weighted by molar-refractivity contribution is 0.0966. The molecule has 0 saturated carbocycles. The van der Waals surface area contributed by atoms with Crippen LogP contribution in [0.5, 0.6) is 0 Å². The number of anilines is 2. The van der Waals surface area contributed by atoms with E-state index in [4.69, 9.17) is 0 Å². The molecule has 7 heteroatoms. The zero-order chi connectivity index (χ0) is 15.8. The molecule has 4 rings (SSSR count). The van der Waals surface area contributed by atoms with Crippen LogP contribution in [0.1, 0.15) is 21.6 Å². The monoisotopic (exact) mass is 306 g/mol. The first-order valence-corrected chi connectivity index (χ1v) is 7.22. The standard InChI is InChI=1S/C16H14N6O/c1-9-3-2-4-11(5-9)20-15-13-12(8-17-16(13)23)21-14(22-15)10-6-18-19-7-10/h2-7H,8H2,1H3,(H,17,23)(H,18,19)(H,20,21,22). The predicted octanol–water partition coefficient (Wildman–Crippen LogP) is 2.16. The Kier molecular flexibility index (Phi) is 3.04. The van der Waals surface area contributed by atoms with E-state index >= 15 is 0 Å². The van der Waals surface area contributed by atoms with Crippen LogP contribution in [0.25, 0.3) is 11.4 Å². The van der Waals surface area contributed by atoms with Gasteiger partial charge in [-0.3, -0.25) is 9.89 Å². The summed E-state index contributed by atoms with van der Waals surface area (Å²) in [5, 5.41) is 12.7. The SMILES string of the molecule is Cc1cccc(Nc2nc(-c3cn[nH]c3)nc3c2C(=O)NC3)c1. The van der Waals surface area contributed by atoms with Gasteiger partial charge in [0.2, 0.25) is 0 Å². The lowest BCUT2D eigenvalue weighted by atomic mass is 10.2. The van der Waals surface area contributed by atoms with Gasteiger partial charge in [-0.05, 0) is 24.6 Å². The molecule has 0 radical (unpaired) electrons. The summed E-state index contributed by atoms with van der Waals surface area (Å²) >= 11 is 0. The van der Waals surface area contributed by atoms with Crippen LogP contribution < -0.4 is 10.6 Å². The zero-order valence-electron chi connectivity index (χ0n) is 12.4. The zero-order valence-corrected chi connectivity index (χ0v) is 12.4. The maximum absolute atomic E-state index is 12.1. The van der Waals surface area contributed by atoms with E-state index in [1.807, 2.05) is 31.2 Å². The molecule has 0 fully saturated rings. The molecule has 2 aromatic heterocycles. The van der Waals surface area contributed by atoms with E-state index in [2.05, 4.69) is 30.8 Å². The third kappa shape index (κ3) is 2.42. The summed E-state index contributed by atoms with van der Waals surface area (Å²) in [4.78, 5) is 21.1. The largest absolute Gasteiger partial charge is 0.346 e. The molecule has 1 aromatic carbocycles. The van der Waals surface area contributed by atoms with Crippen molar-refractivity contribution in [2.24, 2.45) is 0 Å². The number of hydrogen-bond acceptors (Lipinski definition) is 5. The lowest BCUT2D eigenvalue weighted by Crippen LogP contribution is -2.14. The number of carbonyl (C=O) groups excluding carboxylic acids is 1. The molecule has 1 aliphatic rings. The van der Waals surface area contributed by atoms with Crippen molar-refractivity contribution in [2.45, 2.75) is 13.5 Å². The fourth-order valence-corrected chi connectivity index (χ4v) is 2.58. The van der Waals surface area contributed by atoms with Gasteiger partial charge < -0.3 is 10.6 Å². The Labute approximate surface area is 132 Å². The van der Waals surface area contributed by atoms with Gasteiger partial charge in [0.15, 0.2) is 5.82 Å². The molecule has 3 heterocycles. The quantitative estimate of drug-likeness (QED) is 0.689. The number of benzene rings is 1. The molecule has 7 nitrogen and oxygen atoms in total. The fourth-order valence-electron chi connectivity index (χ4n) is 2.58. The van der Waals surface area contributed by atoms with E-state index in [1.165, 1.54) is 0 Å². The van der Waals surface area contributed by atoms with Gasteiger partial charge in [-0.15, -0.1) is 0 Å². The van der Waals surface area contributed by atoms with E-state index in [-0.39, 0.29) is 5.91 Å². The van der Waals surface area contributed by atoms with E-state index < -0.39 is 0 Å². The van der Waals surface area contributed by atoms with Crippen LogP contribution in [-0.2, 0) is 6.54 Å². The van der Waals surface area contributed by atoms with Gasteiger partial charge in [0.1, 0.15) is 11.4 Å². The van der Waals surface area contributed by atoms with Crippen LogP contribution >= 0.6 is 0 Å². The third-order valence-corrected chi connectivity index (χ3v) is 3.66. The Morgan fingerprint density at radius 2 is 2.17 bits per heavy atom. The Balaban J connectivity index is 1.82. The molecule has 3 aromatic rings. The van der Waals surface area contributed by atoms with Crippen molar-refractivity contribution in [3.05, 3.63) is 53.5 Å². The van der Waals surface area contributed by atoms with Gasteiger partial charge in [0, 0.05) is 11.9 Å². The molecule has 1 aliphatic heterocycles. The van der Waals surface area contributed by atoms with Gasteiger partial charge >= 0.3 is 0 Å². The van der Waals surface area contributed by atoms with Crippen LogP contribution in [0, 0.1) is 6.92 Å². The van der Waals surface area contributed by atoms with Crippen LogP contribution in [0.2, 0.25) is 0 Å². The minimum Gasteiger partial charge on any atom is -0.346 e. The summed E-state index contributed by atoms with van der Waals surface area (Å²) in [6, 6.07) is 7.90. The van der Waals surface area contributed by atoms with Crippen molar-refractivity contribution in [3.8, 4) is 11.4 Å². The van der Waals surface area contributed by atoms with Gasteiger partial charge in [-0.2, -0.15) is 5.10 Å². The molecule has 114 valence electrons. The molecule has 0 bridgehead atoms. The molecule has 0 saturated heterocycles. The first-order chi connectivity index (χ1) is 11.2. The average Bonchev–Trinajstić information content (AvgIpc) is 3.17. The average molecular weight is 306 g/mol. The van der Waals surface area contributed by atoms with Crippen molar-refractivity contribution in [1.29, 1.82) is 0 Å². The van der Waals surface area contributed by atoms with Crippen molar-refractivity contribution in [3.63, 3.8) is 0 Å². The predicted molar refractivity (Wildman–Crippen MR) is 85.2 cm³/mol. The van der Waals surface area contributed by atoms with Gasteiger partial charge in [0.05, 0.1) is 24.0 Å². The van der Waals surface area contributed by atoms with E-state index in [0.717, 1.165) is 16.8 Å². The highest BCUT2D eigenvalue weighted by Crippen LogP contribution is 2.27. The Morgan fingerprint density at radius 1 is 1.26 bits per heavy atom. The highest BCUT2D eigenvalue weighted by atomic mass is 16.2. The second-order valence-corrected chi connectivity index (χ2v) is 5.38. The molecule has 3 N–H and O–H groups in total. The molecular formula is C16H14N6O. The Hall–Kier alpha value is -3.22. The van der Waals surface area contributed by atoms with Crippen molar-refractivity contribution in [2.75, 3.05) is 5.32 Å². The van der Waals surface area contributed by atoms with Crippen LogP contribution in [0.4, 0.5) is 11.5 Å². The normalized spacial score (nSPS) is 12.8. The molecule has 0 aliphatic carbocycles. The summed E-state index contributed by atoms with van der Waals surface area (Å²) in [6.45, 7) is 2.42. The van der Waals surface area contributed by atoms with E-state index in [0.29, 0.717) is 29.4 Å². The minimum atomic E-state index is -0.158. The van der Waals surface area contributed by atoms with Gasteiger partial charge in [-0.25, -0.2) is 9.97 Å². The van der Waals surface area contributed by atoms with E-state index in [1.54, 1.807) is 12.4 Å². The van der Waals surface area contributed by atoms with Gasteiger partial charge in [-0.1, -0.05) is 12.1 Å². The number of hydrogen-bond donors (Lipinski definition) is 3. The lowest BCUT2D eigenvalue weighted by Gasteiger charge is -2.11. The van der Waals surface area contributed by atoms with E-state index in [9.17, 15) is 4.79 Å². The number of fused-ring (bicyclic) bond motifs is 1. The number of aryl methyl sites for hydroxylation is 1. The number of amides is 1.